The van der Waals surface area contributed by atoms with Crippen molar-refractivity contribution in [1.82, 2.24) is 0 Å². The van der Waals surface area contributed by atoms with E-state index in [2.05, 4.69) is 15.9 Å². The van der Waals surface area contributed by atoms with E-state index >= 15 is 0 Å². The van der Waals surface area contributed by atoms with Gasteiger partial charge in [0.15, 0.2) is 23.3 Å². The second-order valence-corrected chi connectivity index (χ2v) is 8.37. The standard InChI is InChI=1S/C26H21BrO7/c27-23-22(34-26(30)19-14-8-3-9-15-19)21(33-25(29)18-12-6-2-7-13-18)20(16-31-23)32-24(28)17-10-4-1-5-11-17/h1-15,20-23H,16H2/t20-,21-,22-,23+/m1/s1. The predicted molar refractivity (Wildman–Crippen MR) is 126 cm³/mol. The highest BCUT2D eigenvalue weighted by molar-refractivity contribution is 9.09. The van der Waals surface area contributed by atoms with Gasteiger partial charge in [0, 0.05) is 0 Å². The van der Waals surface area contributed by atoms with Crippen LogP contribution in [0, 0.1) is 0 Å². The summed E-state index contributed by atoms with van der Waals surface area (Å²) in [7, 11) is 0. The Bertz CT molecular complexity index is 1120. The van der Waals surface area contributed by atoms with E-state index in [-0.39, 0.29) is 6.61 Å². The van der Waals surface area contributed by atoms with Crippen LogP contribution in [0.15, 0.2) is 91.0 Å². The van der Waals surface area contributed by atoms with Crippen LogP contribution in [0.2, 0.25) is 0 Å². The summed E-state index contributed by atoms with van der Waals surface area (Å²) in [6.07, 6.45) is -3.21. The van der Waals surface area contributed by atoms with E-state index in [1.807, 2.05) is 0 Å². The number of carbonyl (C=O) groups excluding carboxylic acids is 3. The summed E-state index contributed by atoms with van der Waals surface area (Å²) < 4.78 is 22.7. The fourth-order valence-electron chi connectivity index (χ4n) is 3.41. The first kappa shape index (κ1) is 23.7. The van der Waals surface area contributed by atoms with E-state index in [0.717, 1.165) is 0 Å². The molecule has 174 valence electrons. The van der Waals surface area contributed by atoms with Crippen molar-refractivity contribution in [3.63, 3.8) is 0 Å². The van der Waals surface area contributed by atoms with Crippen molar-refractivity contribution in [3.8, 4) is 0 Å². The van der Waals surface area contributed by atoms with Crippen molar-refractivity contribution in [2.45, 2.75) is 23.3 Å². The van der Waals surface area contributed by atoms with Crippen molar-refractivity contribution >= 4 is 33.8 Å². The van der Waals surface area contributed by atoms with Crippen LogP contribution < -0.4 is 0 Å². The highest BCUT2D eigenvalue weighted by Crippen LogP contribution is 2.29. The second kappa shape index (κ2) is 11.1. The maximum atomic E-state index is 12.9. The van der Waals surface area contributed by atoms with Crippen LogP contribution in [-0.2, 0) is 18.9 Å². The molecule has 3 aromatic rings. The highest BCUT2D eigenvalue weighted by atomic mass is 79.9. The van der Waals surface area contributed by atoms with Gasteiger partial charge in [-0.3, -0.25) is 0 Å². The van der Waals surface area contributed by atoms with E-state index in [1.54, 1.807) is 91.0 Å². The topological polar surface area (TPSA) is 88.1 Å². The van der Waals surface area contributed by atoms with Crippen LogP contribution in [0.5, 0.6) is 0 Å². The summed E-state index contributed by atoms with van der Waals surface area (Å²) in [5.41, 5.74) is 0.953. The van der Waals surface area contributed by atoms with Crippen LogP contribution >= 0.6 is 15.9 Å². The predicted octanol–water partition coefficient (Wildman–Crippen LogP) is 4.41. The largest absolute Gasteiger partial charge is 0.452 e. The Balaban J connectivity index is 1.59. The van der Waals surface area contributed by atoms with Gasteiger partial charge in [-0.05, 0) is 36.4 Å². The lowest BCUT2D eigenvalue weighted by Gasteiger charge is -2.38. The molecule has 34 heavy (non-hydrogen) atoms. The van der Waals surface area contributed by atoms with E-state index < -0.39 is 41.2 Å². The summed E-state index contributed by atoms with van der Waals surface area (Å²) in [4.78, 5) is 38.3. The number of hydrogen-bond acceptors (Lipinski definition) is 7. The van der Waals surface area contributed by atoms with Crippen LogP contribution in [0.25, 0.3) is 0 Å². The first-order valence-corrected chi connectivity index (χ1v) is 11.5. The zero-order chi connectivity index (χ0) is 23.9. The van der Waals surface area contributed by atoms with E-state index in [9.17, 15) is 14.4 Å². The van der Waals surface area contributed by atoms with Crippen molar-refractivity contribution < 1.29 is 33.3 Å². The Morgan fingerprint density at radius 2 is 1.00 bits per heavy atom. The third-order valence-corrected chi connectivity index (χ3v) is 5.93. The fraction of sp³-hybridized carbons (Fsp3) is 0.192. The van der Waals surface area contributed by atoms with Crippen molar-refractivity contribution in [1.29, 1.82) is 0 Å². The summed E-state index contributed by atoms with van der Waals surface area (Å²) in [6, 6.07) is 25.2. The van der Waals surface area contributed by atoms with Gasteiger partial charge in [-0.2, -0.15) is 0 Å². The lowest BCUT2D eigenvalue weighted by atomic mass is 10.0. The van der Waals surface area contributed by atoms with Gasteiger partial charge in [0.25, 0.3) is 0 Å². The molecule has 0 radical (unpaired) electrons. The zero-order valence-corrected chi connectivity index (χ0v) is 19.5. The number of alkyl halides is 1. The monoisotopic (exact) mass is 524 g/mol. The summed E-state index contributed by atoms with van der Waals surface area (Å²) in [6.45, 7) is -0.0688. The molecule has 1 aliphatic heterocycles. The van der Waals surface area contributed by atoms with Crippen LogP contribution in [0.1, 0.15) is 31.1 Å². The molecule has 1 fully saturated rings. The minimum Gasteiger partial charge on any atom is -0.452 e. The Morgan fingerprint density at radius 3 is 1.44 bits per heavy atom. The molecule has 1 heterocycles. The van der Waals surface area contributed by atoms with Crippen molar-refractivity contribution in [2.24, 2.45) is 0 Å². The molecule has 8 heteroatoms. The van der Waals surface area contributed by atoms with Crippen molar-refractivity contribution in [3.05, 3.63) is 108 Å². The smallest absolute Gasteiger partial charge is 0.338 e. The first-order valence-electron chi connectivity index (χ1n) is 10.6. The number of hydrogen-bond donors (Lipinski definition) is 0. The van der Waals surface area contributed by atoms with E-state index in [1.165, 1.54) is 0 Å². The maximum absolute atomic E-state index is 12.9. The lowest BCUT2D eigenvalue weighted by Crippen LogP contribution is -2.56. The molecule has 0 saturated carbocycles. The Labute approximate surface area is 204 Å². The first-order chi connectivity index (χ1) is 16.5. The molecular formula is C26H21BrO7. The van der Waals surface area contributed by atoms with Gasteiger partial charge in [-0.15, -0.1) is 0 Å². The third kappa shape index (κ3) is 5.70. The normalized spacial score (nSPS) is 21.8. The molecule has 0 aromatic heterocycles. The number of benzene rings is 3. The minimum atomic E-state index is -1.12. The molecule has 0 spiro atoms. The lowest BCUT2D eigenvalue weighted by molar-refractivity contribution is -0.165. The molecular weight excluding hydrogens is 504 g/mol. The molecule has 0 bridgehead atoms. The van der Waals surface area contributed by atoms with Gasteiger partial charge < -0.3 is 18.9 Å². The van der Waals surface area contributed by atoms with Gasteiger partial charge >= 0.3 is 17.9 Å². The zero-order valence-electron chi connectivity index (χ0n) is 17.9. The Morgan fingerprint density at radius 1 is 0.618 bits per heavy atom. The molecule has 3 aromatic carbocycles. The minimum absolute atomic E-state index is 0.0688. The number of ether oxygens (including phenoxy) is 4. The molecule has 4 atom stereocenters. The van der Waals surface area contributed by atoms with E-state index in [0.29, 0.717) is 16.7 Å². The summed E-state index contributed by atoms with van der Waals surface area (Å²) in [5, 5.41) is -0.791. The number of esters is 3. The Hall–Kier alpha value is -3.49. The molecule has 0 N–H and O–H groups in total. The van der Waals surface area contributed by atoms with Crippen LogP contribution in [-0.4, -0.2) is 47.8 Å². The van der Waals surface area contributed by atoms with Gasteiger partial charge in [0.2, 0.25) is 0 Å². The fourth-order valence-corrected chi connectivity index (χ4v) is 3.97. The highest BCUT2D eigenvalue weighted by Gasteiger charge is 2.47. The molecule has 0 amide bonds. The summed E-state index contributed by atoms with van der Waals surface area (Å²) in [5.74, 6) is -1.89. The Kier molecular flexibility index (Phi) is 7.72. The number of rotatable bonds is 6. The maximum Gasteiger partial charge on any atom is 0.338 e. The third-order valence-electron chi connectivity index (χ3n) is 5.14. The van der Waals surface area contributed by atoms with E-state index in [4.69, 9.17) is 18.9 Å². The SMILES string of the molecule is O=C(O[C@@H]1[C@H](OC(=O)c2ccccc2)[C@H](OC(=O)c2ccccc2)CO[C@@H]1Br)c1ccccc1. The average molecular weight is 525 g/mol. The molecule has 1 saturated heterocycles. The molecule has 0 unspecified atom stereocenters. The average Bonchev–Trinajstić information content (AvgIpc) is 2.89. The molecule has 0 aliphatic carbocycles. The van der Waals surface area contributed by atoms with Gasteiger partial charge in [0.1, 0.15) is 0 Å². The van der Waals surface area contributed by atoms with Crippen LogP contribution in [0.3, 0.4) is 0 Å². The molecule has 1 aliphatic rings. The number of halogens is 1. The van der Waals surface area contributed by atoms with Crippen LogP contribution in [0.4, 0.5) is 0 Å². The molecule has 7 nitrogen and oxygen atoms in total. The van der Waals surface area contributed by atoms with Gasteiger partial charge in [0.05, 0.1) is 23.3 Å². The van der Waals surface area contributed by atoms with Gasteiger partial charge in [-0.25, -0.2) is 14.4 Å². The quantitative estimate of drug-likeness (QED) is 0.268. The number of carbonyl (C=O) groups is 3. The van der Waals surface area contributed by atoms with Crippen molar-refractivity contribution in [2.75, 3.05) is 6.61 Å². The molecule has 4 rings (SSSR count). The second-order valence-electron chi connectivity index (χ2n) is 7.47. The van der Waals surface area contributed by atoms with Gasteiger partial charge in [-0.1, -0.05) is 70.5 Å². The summed E-state index contributed by atoms with van der Waals surface area (Å²) >= 11 is 3.35.